The molecule has 2 rings (SSSR count). The van der Waals surface area contributed by atoms with Crippen LogP contribution in [-0.2, 0) is 5.41 Å². The fourth-order valence-corrected chi connectivity index (χ4v) is 3.14. The Kier molecular flexibility index (Phi) is 5.98. The summed E-state index contributed by atoms with van der Waals surface area (Å²) in [6, 6.07) is 5.93. The van der Waals surface area contributed by atoms with Crippen LogP contribution < -0.4 is 4.74 Å². The molecule has 0 amide bonds. The zero-order valence-electron chi connectivity index (χ0n) is 15.9. The molecule has 0 N–H and O–H groups in total. The molecule has 2 aromatic rings. The van der Waals surface area contributed by atoms with Crippen molar-refractivity contribution in [3.8, 4) is 16.9 Å². The van der Waals surface area contributed by atoms with Crippen LogP contribution in [0.3, 0.4) is 0 Å². The number of hydrogen-bond acceptors (Lipinski definition) is 5. The van der Waals surface area contributed by atoms with Crippen LogP contribution in [0.4, 0.5) is 10.1 Å². The third kappa shape index (κ3) is 4.20. The summed E-state index contributed by atoms with van der Waals surface area (Å²) in [5.41, 5.74) is 2.61. The highest BCUT2D eigenvalue weighted by molar-refractivity contribution is 7.08. The van der Waals surface area contributed by atoms with Crippen molar-refractivity contribution in [1.29, 1.82) is 5.26 Å². The molecule has 138 valence electrons. The molecule has 0 bridgehead atoms. The van der Waals surface area contributed by atoms with Gasteiger partial charge in [0.15, 0.2) is 0 Å². The van der Waals surface area contributed by atoms with Gasteiger partial charge in [0.25, 0.3) is 0 Å². The minimum absolute atomic E-state index is 0.296. The maximum absolute atomic E-state index is 13.3. The second-order valence-corrected chi connectivity index (χ2v) is 7.77. The minimum atomic E-state index is -0.821. The van der Waals surface area contributed by atoms with Crippen LogP contribution in [-0.4, -0.2) is 36.4 Å². The number of benzene rings is 1. The van der Waals surface area contributed by atoms with Gasteiger partial charge in [-0.25, -0.2) is 4.99 Å². The summed E-state index contributed by atoms with van der Waals surface area (Å²) in [5, 5.41) is 9.89. The standard InChI is InChI=1S/C19H23FN4OS/c1-12-8-16(13(2)7-15(12)22-11-24(5)6)25-18-14(9-21)17(23-26-18)19(3,4)10-20/h7-8,11H,10H2,1-6H3. The number of aryl methyl sites for hydroxylation is 2. The second-order valence-electron chi connectivity index (χ2n) is 7.04. The van der Waals surface area contributed by atoms with E-state index in [1.54, 1.807) is 20.2 Å². The van der Waals surface area contributed by atoms with Crippen molar-refractivity contribution < 1.29 is 9.13 Å². The maximum atomic E-state index is 13.3. The van der Waals surface area contributed by atoms with Gasteiger partial charge in [0.1, 0.15) is 24.1 Å². The van der Waals surface area contributed by atoms with E-state index in [9.17, 15) is 9.65 Å². The first-order chi connectivity index (χ1) is 12.2. The minimum Gasteiger partial charge on any atom is -0.443 e. The van der Waals surface area contributed by atoms with Crippen LogP contribution in [0.25, 0.3) is 0 Å². The summed E-state index contributed by atoms with van der Waals surface area (Å²) in [4.78, 5) is 6.30. The van der Waals surface area contributed by atoms with Crippen molar-refractivity contribution >= 4 is 23.6 Å². The van der Waals surface area contributed by atoms with Crippen molar-refractivity contribution in [3.05, 3.63) is 34.5 Å². The van der Waals surface area contributed by atoms with E-state index >= 15 is 0 Å². The van der Waals surface area contributed by atoms with Gasteiger partial charge in [-0.2, -0.15) is 9.64 Å². The van der Waals surface area contributed by atoms with Gasteiger partial charge in [-0.05, 0) is 37.1 Å². The SMILES string of the molecule is Cc1cc(Oc2snc(C(C)(C)CF)c2C#N)c(C)cc1N=CN(C)C. The van der Waals surface area contributed by atoms with E-state index in [0.29, 0.717) is 22.1 Å². The zero-order chi connectivity index (χ0) is 19.5. The largest absolute Gasteiger partial charge is 0.443 e. The summed E-state index contributed by atoms with van der Waals surface area (Å²) >= 11 is 1.07. The molecule has 0 unspecified atom stereocenters. The first-order valence-corrected chi connectivity index (χ1v) is 8.93. The molecular weight excluding hydrogens is 351 g/mol. The molecule has 0 spiro atoms. The van der Waals surface area contributed by atoms with Gasteiger partial charge in [-0.15, -0.1) is 0 Å². The normalized spacial score (nSPS) is 11.6. The fraction of sp³-hybridized carbons (Fsp3) is 0.421. The van der Waals surface area contributed by atoms with Crippen molar-refractivity contribution in [3.63, 3.8) is 0 Å². The van der Waals surface area contributed by atoms with Crippen LogP contribution in [0.2, 0.25) is 0 Å². The van der Waals surface area contributed by atoms with Crippen molar-refractivity contribution in [2.75, 3.05) is 20.8 Å². The van der Waals surface area contributed by atoms with E-state index in [1.165, 1.54) is 0 Å². The number of rotatable bonds is 6. The summed E-state index contributed by atoms with van der Waals surface area (Å²) < 4.78 is 23.5. The average molecular weight is 374 g/mol. The van der Waals surface area contributed by atoms with Gasteiger partial charge in [0.05, 0.1) is 17.7 Å². The number of aliphatic imine (C=N–C) groups is 1. The van der Waals surface area contributed by atoms with E-state index in [-0.39, 0.29) is 0 Å². The Bertz CT molecular complexity index is 865. The molecule has 0 atom stereocenters. The van der Waals surface area contributed by atoms with E-state index in [4.69, 9.17) is 4.74 Å². The van der Waals surface area contributed by atoms with E-state index < -0.39 is 12.1 Å². The third-order valence-electron chi connectivity index (χ3n) is 3.87. The molecule has 0 aliphatic carbocycles. The number of nitrogens with zero attached hydrogens (tertiary/aromatic N) is 4. The number of nitriles is 1. The molecule has 1 heterocycles. The predicted molar refractivity (Wildman–Crippen MR) is 104 cm³/mol. The molecule has 0 fully saturated rings. The first-order valence-electron chi connectivity index (χ1n) is 8.15. The smallest absolute Gasteiger partial charge is 0.218 e. The summed E-state index contributed by atoms with van der Waals surface area (Å²) in [6.45, 7) is 6.72. The number of alkyl halides is 1. The van der Waals surface area contributed by atoms with Crippen LogP contribution in [0.5, 0.6) is 10.8 Å². The van der Waals surface area contributed by atoms with E-state index in [1.807, 2.05) is 45.0 Å². The number of hydrogen-bond donors (Lipinski definition) is 0. The monoisotopic (exact) mass is 374 g/mol. The van der Waals surface area contributed by atoms with Gasteiger partial charge in [0.2, 0.25) is 5.06 Å². The Morgan fingerprint density at radius 1 is 1.35 bits per heavy atom. The third-order valence-corrected chi connectivity index (χ3v) is 4.60. The second kappa shape index (κ2) is 7.83. The van der Waals surface area contributed by atoms with Crippen LogP contribution in [0.1, 0.15) is 36.2 Å². The van der Waals surface area contributed by atoms with Gasteiger partial charge >= 0.3 is 0 Å². The molecule has 0 saturated heterocycles. The lowest BCUT2D eigenvalue weighted by atomic mass is 9.89. The topological polar surface area (TPSA) is 61.5 Å². The van der Waals surface area contributed by atoms with E-state index in [0.717, 1.165) is 28.3 Å². The highest BCUT2D eigenvalue weighted by atomic mass is 32.1. The summed E-state index contributed by atoms with van der Waals surface area (Å²) in [5.74, 6) is 0.635. The molecule has 1 aromatic heterocycles. The summed E-state index contributed by atoms with van der Waals surface area (Å²) in [6.07, 6.45) is 1.74. The van der Waals surface area contributed by atoms with Crippen LogP contribution in [0, 0.1) is 25.2 Å². The van der Waals surface area contributed by atoms with Gasteiger partial charge in [-0.1, -0.05) is 13.8 Å². The van der Waals surface area contributed by atoms with Crippen molar-refractivity contribution in [1.82, 2.24) is 9.27 Å². The molecule has 0 aliphatic rings. The quantitative estimate of drug-likeness (QED) is 0.533. The highest BCUT2D eigenvalue weighted by Crippen LogP contribution is 2.39. The van der Waals surface area contributed by atoms with Crippen LogP contribution in [0.15, 0.2) is 17.1 Å². The predicted octanol–water partition coefficient (Wildman–Crippen LogP) is 4.89. The zero-order valence-corrected chi connectivity index (χ0v) is 16.7. The average Bonchev–Trinajstić information content (AvgIpc) is 3.00. The number of halogens is 1. The van der Waals surface area contributed by atoms with Crippen molar-refractivity contribution in [2.24, 2.45) is 4.99 Å². The Hall–Kier alpha value is -2.46. The Morgan fingerprint density at radius 2 is 2.04 bits per heavy atom. The fourth-order valence-electron chi connectivity index (χ4n) is 2.27. The molecular formula is C19H23FN4OS. The molecule has 26 heavy (non-hydrogen) atoms. The highest BCUT2D eigenvalue weighted by Gasteiger charge is 2.30. The maximum Gasteiger partial charge on any atom is 0.218 e. The van der Waals surface area contributed by atoms with Gasteiger partial charge in [-0.3, -0.25) is 4.39 Å². The van der Waals surface area contributed by atoms with Crippen molar-refractivity contribution in [2.45, 2.75) is 33.1 Å². The van der Waals surface area contributed by atoms with Gasteiger partial charge in [0, 0.05) is 31.0 Å². The molecule has 0 saturated carbocycles. The number of ether oxygens (including phenoxy) is 1. The number of aromatic nitrogens is 1. The Morgan fingerprint density at radius 3 is 2.62 bits per heavy atom. The first kappa shape index (κ1) is 19.9. The Balaban J connectivity index is 2.38. The summed E-state index contributed by atoms with van der Waals surface area (Å²) in [7, 11) is 3.82. The molecule has 7 heteroatoms. The lowest BCUT2D eigenvalue weighted by Gasteiger charge is -2.17. The lowest BCUT2D eigenvalue weighted by Crippen LogP contribution is -2.21. The Labute approximate surface area is 157 Å². The molecule has 1 aromatic carbocycles. The lowest BCUT2D eigenvalue weighted by molar-refractivity contribution is 0.345. The molecule has 5 nitrogen and oxygen atoms in total. The molecule has 0 aliphatic heterocycles. The van der Waals surface area contributed by atoms with Gasteiger partial charge < -0.3 is 9.64 Å². The molecule has 0 radical (unpaired) electrons. The van der Waals surface area contributed by atoms with E-state index in [2.05, 4.69) is 15.4 Å². The van der Waals surface area contributed by atoms with Crippen LogP contribution >= 0.6 is 11.5 Å².